The Bertz CT molecular complexity index is 1940. The van der Waals surface area contributed by atoms with Crippen LogP contribution < -0.4 is 14.9 Å². The zero-order chi connectivity index (χ0) is 29.9. The summed E-state index contributed by atoms with van der Waals surface area (Å²) < 4.78 is 39.9. The number of carbonyl (C=O) groups excluding carboxylic acids is 1. The highest BCUT2D eigenvalue weighted by Crippen LogP contribution is 2.24. The fraction of sp³-hybridized carbons (Fsp3) is 0.0968. The minimum Gasteiger partial charge on any atom is -0.463 e. The highest BCUT2D eigenvalue weighted by atomic mass is 32.2. The van der Waals surface area contributed by atoms with Gasteiger partial charge in [0.1, 0.15) is 23.6 Å². The van der Waals surface area contributed by atoms with Gasteiger partial charge >= 0.3 is 5.97 Å². The Balaban J connectivity index is 1.43. The lowest BCUT2D eigenvalue weighted by atomic mass is 10.1. The van der Waals surface area contributed by atoms with Crippen LogP contribution in [0.25, 0.3) is 22.1 Å². The molecule has 1 N–H and O–H groups in total. The molecule has 1 aromatic heterocycles. The number of non-ortho nitro benzene ring substituents is 1. The van der Waals surface area contributed by atoms with Crippen molar-refractivity contribution in [3.05, 3.63) is 135 Å². The Labute approximate surface area is 240 Å². The molecule has 0 spiro atoms. The molecule has 0 radical (unpaired) electrons. The van der Waals surface area contributed by atoms with Crippen LogP contribution in [0.5, 0.6) is 5.75 Å². The molecule has 5 aromatic rings. The van der Waals surface area contributed by atoms with Gasteiger partial charge < -0.3 is 9.15 Å². The van der Waals surface area contributed by atoms with Crippen LogP contribution in [0, 0.1) is 17.0 Å². The molecule has 1 heterocycles. The average Bonchev–Trinajstić information content (AvgIpc) is 2.98. The zero-order valence-electron chi connectivity index (χ0n) is 22.2. The van der Waals surface area contributed by atoms with Gasteiger partial charge in [-0.1, -0.05) is 60.2 Å². The maximum Gasteiger partial charge on any atom is 0.329 e. The molecular formula is C31H24N2O8S. The smallest absolute Gasteiger partial charge is 0.329 e. The van der Waals surface area contributed by atoms with Gasteiger partial charge in [-0.2, -0.15) is 4.72 Å². The Morgan fingerprint density at radius 2 is 1.67 bits per heavy atom. The topological polar surface area (TPSA) is 146 Å². The van der Waals surface area contributed by atoms with Gasteiger partial charge in [0, 0.05) is 18.2 Å². The average molecular weight is 585 g/mol. The van der Waals surface area contributed by atoms with Gasteiger partial charge in [-0.15, -0.1) is 0 Å². The summed E-state index contributed by atoms with van der Waals surface area (Å²) in [7, 11) is -4.15. The number of ether oxygens (including phenoxy) is 1. The van der Waals surface area contributed by atoms with Crippen molar-refractivity contribution in [2.45, 2.75) is 24.3 Å². The number of nitrogens with zero attached hydrogens (tertiary/aromatic N) is 1. The number of nitrogens with one attached hydrogen (secondary N) is 1. The number of esters is 1. The van der Waals surface area contributed by atoms with Crippen LogP contribution >= 0.6 is 0 Å². The SMILES string of the molecule is Cc1ccc(S(=O)(=O)NC(Cc2ccc([N+](=O)[O-])cc2)C(=O)Oc2ccc3c(=O)c(-c4ccccc4)coc3c2)cc1. The molecule has 0 aliphatic rings. The lowest BCUT2D eigenvalue weighted by molar-refractivity contribution is -0.384. The molecule has 10 nitrogen and oxygen atoms in total. The maximum atomic E-state index is 13.3. The number of nitro benzene ring substituents is 1. The summed E-state index contributed by atoms with van der Waals surface area (Å²) in [5, 5.41) is 11.3. The van der Waals surface area contributed by atoms with E-state index in [1.165, 1.54) is 60.9 Å². The van der Waals surface area contributed by atoms with E-state index in [0.717, 1.165) is 5.56 Å². The number of nitro groups is 1. The number of carbonyl (C=O) groups is 1. The van der Waals surface area contributed by atoms with E-state index in [0.29, 0.717) is 16.7 Å². The van der Waals surface area contributed by atoms with E-state index in [9.17, 15) is 28.1 Å². The Morgan fingerprint density at radius 1 is 0.976 bits per heavy atom. The number of rotatable bonds is 9. The summed E-state index contributed by atoms with van der Waals surface area (Å²) in [5.74, 6) is -0.891. The van der Waals surface area contributed by atoms with Gasteiger partial charge in [0.15, 0.2) is 5.43 Å². The predicted molar refractivity (Wildman–Crippen MR) is 156 cm³/mol. The monoisotopic (exact) mass is 584 g/mol. The lowest BCUT2D eigenvalue weighted by Gasteiger charge is -2.18. The first-order valence-corrected chi connectivity index (χ1v) is 14.2. The second kappa shape index (κ2) is 11.8. The van der Waals surface area contributed by atoms with Crippen molar-refractivity contribution in [1.29, 1.82) is 0 Å². The normalized spacial score (nSPS) is 12.1. The highest BCUT2D eigenvalue weighted by molar-refractivity contribution is 7.89. The van der Waals surface area contributed by atoms with Crippen LogP contribution in [0.2, 0.25) is 0 Å². The quantitative estimate of drug-likeness (QED) is 0.108. The van der Waals surface area contributed by atoms with E-state index in [1.807, 2.05) is 25.1 Å². The second-order valence-corrected chi connectivity index (χ2v) is 11.3. The summed E-state index contributed by atoms with van der Waals surface area (Å²) >= 11 is 0. The minimum atomic E-state index is -4.15. The van der Waals surface area contributed by atoms with Crippen molar-refractivity contribution in [3.63, 3.8) is 0 Å². The van der Waals surface area contributed by atoms with E-state index in [1.54, 1.807) is 24.3 Å². The number of hydrogen-bond donors (Lipinski definition) is 1. The van der Waals surface area contributed by atoms with Crippen LogP contribution in [-0.4, -0.2) is 25.4 Å². The fourth-order valence-corrected chi connectivity index (χ4v) is 5.50. The van der Waals surface area contributed by atoms with Crippen molar-refractivity contribution >= 4 is 32.6 Å². The van der Waals surface area contributed by atoms with Gasteiger partial charge in [0.05, 0.1) is 20.8 Å². The van der Waals surface area contributed by atoms with Gasteiger partial charge in [-0.3, -0.25) is 14.9 Å². The van der Waals surface area contributed by atoms with Crippen molar-refractivity contribution in [2.75, 3.05) is 0 Å². The first-order chi connectivity index (χ1) is 20.1. The number of benzene rings is 4. The zero-order valence-corrected chi connectivity index (χ0v) is 23.0. The molecule has 1 atom stereocenters. The standard InChI is InChI=1S/C31H24N2O8S/c1-20-7-14-25(15-8-20)42(38,39)32-28(17-21-9-11-23(12-10-21)33(36)37)31(35)41-24-13-16-26-29(18-24)40-19-27(30(26)34)22-5-3-2-4-6-22/h2-16,18-19,28,32H,17H2,1H3. The van der Waals surface area contributed by atoms with Gasteiger partial charge in [0.25, 0.3) is 5.69 Å². The number of hydrogen-bond acceptors (Lipinski definition) is 8. The molecule has 5 rings (SSSR count). The minimum absolute atomic E-state index is 0.0337. The molecule has 4 aromatic carbocycles. The van der Waals surface area contributed by atoms with Crippen LogP contribution in [0.1, 0.15) is 11.1 Å². The fourth-order valence-electron chi connectivity index (χ4n) is 4.31. The van der Waals surface area contributed by atoms with E-state index >= 15 is 0 Å². The van der Waals surface area contributed by atoms with Crippen LogP contribution in [0.4, 0.5) is 5.69 Å². The molecule has 42 heavy (non-hydrogen) atoms. The van der Waals surface area contributed by atoms with Crippen molar-refractivity contribution in [2.24, 2.45) is 0 Å². The predicted octanol–water partition coefficient (Wildman–Crippen LogP) is 5.17. The Kier molecular flexibility index (Phi) is 7.96. The van der Waals surface area contributed by atoms with E-state index in [-0.39, 0.29) is 39.2 Å². The second-order valence-electron chi connectivity index (χ2n) is 9.54. The van der Waals surface area contributed by atoms with E-state index in [2.05, 4.69) is 4.72 Å². The molecule has 1 unspecified atom stereocenters. The third-order valence-electron chi connectivity index (χ3n) is 6.55. The third kappa shape index (κ3) is 6.27. The molecule has 11 heteroatoms. The molecule has 0 fully saturated rings. The van der Waals surface area contributed by atoms with Crippen molar-refractivity contribution < 1.29 is 27.3 Å². The summed E-state index contributed by atoms with van der Waals surface area (Å²) in [6.45, 7) is 1.81. The lowest BCUT2D eigenvalue weighted by Crippen LogP contribution is -2.44. The van der Waals surface area contributed by atoms with Crippen LogP contribution in [-0.2, 0) is 21.2 Å². The summed E-state index contributed by atoms with van der Waals surface area (Å²) in [6, 6.07) is 23.4. The van der Waals surface area contributed by atoms with Crippen LogP contribution in [0.15, 0.2) is 117 Å². The summed E-state index contributed by atoms with van der Waals surface area (Å²) in [5.41, 5.74) is 2.16. The van der Waals surface area contributed by atoms with Gasteiger partial charge in [-0.25, -0.2) is 13.2 Å². The van der Waals surface area contributed by atoms with Crippen molar-refractivity contribution in [3.8, 4) is 16.9 Å². The number of sulfonamides is 1. The molecular weight excluding hydrogens is 560 g/mol. The largest absolute Gasteiger partial charge is 0.463 e. The van der Waals surface area contributed by atoms with Gasteiger partial charge in [0.2, 0.25) is 10.0 Å². The summed E-state index contributed by atoms with van der Waals surface area (Å²) in [6.07, 6.45) is 1.18. The van der Waals surface area contributed by atoms with Crippen molar-refractivity contribution in [1.82, 2.24) is 4.72 Å². The summed E-state index contributed by atoms with van der Waals surface area (Å²) in [4.78, 5) is 36.8. The first kappa shape index (κ1) is 28.4. The molecule has 0 aliphatic heterocycles. The highest BCUT2D eigenvalue weighted by Gasteiger charge is 2.28. The van der Waals surface area contributed by atoms with Crippen LogP contribution in [0.3, 0.4) is 0 Å². The number of aryl methyl sites for hydroxylation is 1. The molecule has 212 valence electrons. The van der Waals surface area contributed by atoms with Gasteiger partial charge in [-0.05, 0) is 48.7 Å². The number of fused-ring (bicyclic) bond motifs is 1. The maximum absolute atomic E-state index is 13.3. The van der Waals surface area contributed by atoms with E-state index in [4.69, 9.17) is 9.15 Å². The molecule has 0 bridgehead atoms. The molecule has 0 saturated heterocycles. The Morgan fingerprint density at radius 3 is 2.33 bits per heavy atom. The Hall–Kier alpha value is -5.13. The molecule has 0 amide bonds. The molecule has 0 saturated carbocycles. The first-order valence-electron chi connectivity index (χ1n) is 12.8. The molecule has 0 aliphatic carbocycles. The third-order valence-corrected chi connectivity index (χ3v) is 8.04. The van der Waals surface area contributed by atoms with E-state index < -0.39 is 27.0 Å².